The van der Waals surface area contributed by atoms with E-state index in [1.54, 1.807) is 11.0 Å². The lowest BCUT2D eigenvalue weighted by molar-refractivity contribution is -0.142. The highest BCUT2D eigenvalue weighted by atomic mass is 35.5. The molecule has 0 spiro atoms. The van der Waals surface area contributed by atoms with Crippen LogP contribution in [0.2, 0.25) is 5.15 Å². The highest BCUT2D eigenvalue weighted by molar-refractivity contribution is 6.29. The standard InChI is InChI=1S/C12H13ClN2O4/c13-10-3-8(19-14-10)1-2-11(16)15-4-7-6-18-12(17)9(7)5-15/h3,7,9H,1-2,4-6H2/t7-,9-/m1/s1. The van der Waals surface area contributed by atoms with Gasteiger partial charge in [0.15, 0.2) is 5.15 Å². The average Bonchev–Trinajstić information content (AvgIpc) is 3.05. The fourth-order valence-corrected chi connectivity index (χ4v) is 2.76. The monoisotopic (exact) mass is 284 g/mol. The van der Waals surface area contributed by atoms with E-state index in [-0.39, 0.29) is 23.7 Å². The first-order valence-corrected chi connectivity index (χ1v) is 6.57. The summed E-state index contributed by atoms with van der Waals surface area (Å²) in [5.41, 5.74) is 0. The highest BCUT2D eigenvalue weighted by Gasteiger charge is 2.45. The Kier molecular flexibility index (Phi) is 3.18. The summed E-state index contributed by atoms with van der Waals surface area (Å²) < 4.78 is 9.91. The first-order valence-electron chi connectivity index (χ1n) is 6.19. The van der Waals surface area contributed by atoms with Gasteiger partial charge in [-0.05, 0) is 0 Å². The Labute approximate surface area is 114 Å². The lowest BCUT2D eigenvalue weighted by atomic mass is 10.0. The van der Waals surface area contributed by atoms with E-state index in [0.717, 1.165) is 0 Å². The smallest absolute Gasteiger partial charge is 0.311 e. The Bertz CT molecular complexity index is 516. The first kappa shape index (κ1) is 12.5. The van der Waals surface area contributed by atoms with Gasteiger partial charge in [0.1, 0.15) is 5.76 Å². The van der Waals surface area contributed by atoms with Crippen LogP contribution in [0.15, 0.2) is 10.6 Å². The third-order valence-electron chi connectivity index (χ3n) is 3.65. The van der Waals surface area contributed by atoms with Gasteiger partial charge in [-0.25, -0.2) is 0 Å². The Morgan fingerprint density at radius 2 is 2.37 bits per heavy atom. The van der Waals surface area contributed by atoms with Crippen LogP contribution in [0.4, 0.5) is 0 Å². The van der Waals surface area contributed by atoms with Crippen LogP contribution in [0, 0.1) is 11.8 Å². The Morgan fingerprint density at radius 3 is 3.05 bits per heavy atom. The van der Waals surface area contributed by atoms with Gasteiger partial charge >= 0.3 is 5.97 Å². The Hall–Kier alpha value is -1.56. The number of aromatic nitrogens is 1. The molecule has 0 aliphatic carbocycles. The summed E-state index contributed by atoms with van der Waals surface area (Å²) in [4.78, 5) is 25.2. The highest BCUT2D eigenvalue weighted by Crippen LogP contribution is 2.30. The lowest BCUT2D eigenvalue weighted by Gasteiger charge is -2.16. The number of cyclic esters (lactones) is 1. The maximum Gasteiger partial charge on any atom is 0.311 e. The number of fused-ring (bicyclic) bond motifs is 1. The molecule has 0 aromatic carbocycles. The molecule has 2 saturated heterocycles. The molecule has 0 radical (unpaired) electrons. The summed E-state index contributed by atoms with van der Waals surface area (Å²) in [6.45, 7) is 1.51. The number of amides is 1. The van der Waals surface area contributed by atoms with E-state index in [2.05, 4.69) is 5.16 Å². The lowest BCUT2D eigenvalue weighted by Crippen LogP contribution is -2.31. The number of carbonyl (C=O) groups is 2. The van der Waals surface area contributed by atoms with Gasteiger partial charge in [0.05, 0.1) is 12.5 Å². The molecule has 2 fully saturated rings. The first-order chi connectivity index (χ1) is 9.13. The molecule has 1 aromatic rings. The maximum atomic E-state index is 12.0. The molecule has 2 atom stereocenters. The molecule has 1 aromatic heterocycles. The molecule has 19 heavy (non-hydrogen) atoms. The largest absolute Gasteiger partial charge is 0.465 e. The third-order valence-corrected chi connectivity index (χ3v) is 3.83. The van der Waals surface area contributed by atoms with Crippen molar-refractivity contribution >= 4 is 23.5 Å². The summed E-state index contributed by atoms with van der Waals surface area (Å²) in [7, 11) is 0. The van der Waals surface area contributed by atoms with Crippen molar-refractivity contribution in [1.82, 2.24) is 10.1 Å². The number of hydrogen-bond acceptors (Lipinski definition) is 5. The van der Waals surface area contributed by atoms with Crippen LogP contribution >= 0.6 is 11.6 Å². The molecular weight excluding hydrogens is 272 g/mol. The fourth-order valence-electron chi connectivity index (χ4n) is 2.60. The SMILES string of the molecule is O=C1OC[C@H]2CN(C(=O)CCc3cc(Cl)no3)C[C@@H]12. The van der Waals surface area contributed by atoms with E-state index in [1.807, 2.05) is 0 Å². The zero-order chi connectivity index (χ0) is 13.4. The van der Waals surface area contributed by atoms with Crippen LogP contribution in [-0.4, -0.2) is 41.6 Å². The van der Waals surface area contributed by atoms with Gasteiger partial charge in [-0.2, -0.15) is 0 Å². The number of halogens is 1. The van der Waals surface area contributed by atoms with Crippen LogP contribution in [0.3, 0.4) is 0 Å². The van der Waals surface area contributed by atoms with E-state index >= 15 is 0 Å². The van der Waals surface area contributed by atoms with Crippen molar-refractivity contribution < 1.29 is 18.8 Å². The molecule has 2 aliphatic rings. The summed E-state index contributed by atoms with van der Waals surface area (Å²) in [5, 5.41) is 3.85. The van der Waals surface area contributed by atoms with Crippen molar-refractivity contribution in [3.63, 3.8) is 0 Å². The minimum atomic E-state index is -0.178. The van der Waals surface area contributed by atoms with E-state index in [4.69, 9.17) is 20.9 Å². The molecule has 6 nitrogen and oxygen atoms in total. The van der Waals surface area contributed by atoms with E-state index < -0.39 is 0 Å². The van der Waals surface area contributed by atoms with Gasteiger partial charge in [-0.1, -0.05) is 16.8 Å². The van der Waals surface area contributed by atoms with Gasteiger partial charge in [0, 0.05) is 37.9 Å². The summed E-state index contributed by atoms with van der Waals surface area (Å²) >= 11 is 5.63. The summed E-state index contributed by atoms with van der Waals surface area (Å²) in [6, 6.07) is 1.60. The molecule has 1 amide bonds. The van der Waals surface area contributed by atoms with Crippen LogP contribution < -0.4 is 0 Å². The molecule has 0 bridgehead atoms. The average molecular weight is 285 g/mol. The van der Waals surface area contributed by atoms with E-state index in [1.165, 1.54) is 0 Å². The fraction of sp³-hybridized carbons (Fsp3) is 0.583. The van der Waals surface area contributed by atoms with Crippen LogP contribution in [0.5, 0.6) is 0 Å². The Morgan fingerprint density at radius 1 is 1.53 bits per heavy atom. The second-order valence-corrected chi connectivity index (χ2v) is 5.30. The number of esters is 1. The number of carbonyl (C=O) groups excluding carboxylic acids is 2. The van der Waals surface area contributed by atoms with Crippen molar-refractivity contribution in [2.45, 2.75) is 12.8 Å². The van der Waals surface area contributed by atoms with Crippen molar-refractivity contribution in [3.8, 4) is 0 Å². The molecule has 3 rings (SSSR count). The van der Waals surface area contributed by atoms with Crippen LogP contribution in [0.1, 0.15) is 12.2 Å². The molecule has 0 N–H and O–H groups in total. The zero-order valence-electron chi connectivity index (χ0n) is 10.2. The van der Waals surface area contributed by atoms with Crippen molar-refractivity contribution in [3.05, 3.63) is 17.0 Å². The number of hydrogen-bond donors (Lipinski definition) is 0. The molecule has 2 aliphatic heterocycles. The summed E-state index contributed by atoms with van der Waals surface area (Å²) in [5.74, 6) is 0.467. The van der Waals surface area contributed by atoms with Crippen molar-refractivity contribution in [1.29, 1.82) is 0 Å². The summed E-state index contributed by atoms with van der Waals surface area (Å²) in [6.07, 6.45) is 0.800. The number of ether oxygens (including phenoxy) is 1. The second kappa shape index (κ2) is 4.85. The number of nitrogens with zero attached hydrogens (tertiary/aromatic N) is 2. The topological polar surface area (TPSA) is 72.6 Å². The second-order valence-electron chi connectivity index (χ2n) is 4.91. The van der Waals surface area contributed by atoms with Gasteiger partial charge in [0.2, 0.25) is 5.91 Å². The number of rotatable bonds is 3. The van der Waals surface area contributed by atoms with Gasteiger partial charge in [-0.15, -0.1) is 0 Å². The molecular formula is C12H13ClN2O4. The molecule has 102 valence electrons. The minimum absolute atomic E-state index is 0.0229. The molecule has 0 saturated carbocycles. The van der Waals surface area contributed by atoms with E-state index in [0.29, 0.717) is 43.5 Å². The van der Waals surface area contributed by atoms with E-state index in [9.17, 15) is 9.59 Å². The molecule has 3 heterocycles. The zero-order valence-corrected chi connectivity index (χ0v) is 10.9. The van der Waals surface area contributed by atoms with Gasteiger partial charge in [-0.3, -0.25) is 9.59 Å². The van der Waals surface area contributed by atoms with Crippen molar-refractivity contribution in [2.24, 2.45) is 11.8 Å². The van der Waals surface area contributed by atoms with Gasteiger partial charge < -0.3 is 14.2 Å². The molecule has 7 heteroatoms. The van der Waals surface area contributed by atoms with Crippen LogP contribution in [0.25, 0.3) is 0 Å². The number of likely N-dealkylation sites (tertiary alicyclic amines) is 1. The quantitative estimate of drug-likeness (QED) is 0.771. The maximum absolute atomic E-state index is 12.0. The predicted octanol–water partition coefficient (Wildman–Crippen LogP) is 0.892. The minimum Gasteiger partial charge on any atom is -0.465 e. The molecule has 0 unspecified atom stereocenters. The Balaban J connectivity index is 1.53. The van der Waals surface area contributed by atoms with Gasteiger partial charge in [0.25, 0.3) is 0 Å². The van der Waals surface area contributed by atoms with Crippen LogP contribution in [-0.2, 0) is 20.7 Å². The van der Waals surface area contributed by atoms with Crippen molar-refractivity contribution in [2.75, 3.05) is 19.7 Å². The predicted molar refractivity (Wildman–Crippen MR) is 64.4 cm³/mol. The third kappa shape index (κ3) is 2.45. The normalized spacial score (nSPS) is 25.5. The number of aryl methyl sites for hydroxylation is 1.